The summed E-state index contributed by atoms with van der Waals surface area (Å²) in [7, 11) is 3.29. The lowest BCUT2D eigenvalue weighted by atomic mass is 10.1. The second kappa shape index (κ2) is 5.07. The van der Waals surface area contributed by atoms with Crippen LogP contribution in [0.2, 0.25) is 0 Å². The minimum atomic E-state index is -0.320. The average Bonchev–Trinajstić information content (AvgIpc) is 2.66. The topological polar surface area (TPSA) is 32.8 Å². The number of rotatable bonds is 3. The molecule has 1 saturated heterocycles. The Kier molecular flexibility index (Phi) is 3.64. The first-order valence-electron chi connectivity index (χ1n) is 6.32. The number of ether oxygens (including phenoxy) is 1. The van der Waals surface area contributed by atoms with E-state index in [0.717, 1.165) is 0 Å². The maximum atomic E-state index is 13.4. The minimum absolute atomic E-state index is 0.0358. The number of hydrogen-bond acceptors (Lipinski definition) is 2. The molecule has 1 atom stereocenters. The molecule has 1 aromatic rings. The van der Waals surface area contributed by atoms with Crippen LogP contribution in [0.1, 0.15) is 25.5 Å². The van der Waals surface area contributed by atoms with E-state index < -0.39 is 0 Å². The third kappa shape index (κ3) is 2.37. The Morgan fingerprint density at radius 3 is 2.63 bits per heavy atom. The van der Waals surface area contributed by atoms with Crippen molar-refractivity contribution < 1.29 is 13.9 Å². The SMILES string of the molecule is COc1ccc(F)cc1C1CN(C(C)C)C(=O)N1C. The van der Waals surface area contributed by atoms with Crippen molar-refractivity contribution >= 4 is 6.03 Å². The zero-order chi connectivity index (χ0) is 14.2. The molecule has 0 radical (unpaired) electrons. The molecule has 2 amide bonds. The van der Waals surface area contributed by atoms with E-state index in [4.69, 9.17) is 4.74 Å². The molecular formula is C14H19FN2O2. The lowest BCUT2D eigenvalue weighted by molar-refractivity contribution is 0.187. The first-order valence-corrected chi connectivity index (χ1v) is 6.32. The van der Waals surface area contributed by atoms with Crippen molar-refractivity contribution in [2.24, 2.45) is 0 Å². The van der Waals surface area contributed by atoms with Gasteiger partial charge >= 0.3 is 6.03 Å². The van der Waals surface area contributed by atoms with Crippen molar-refractivity contribution in [3.8, 4) is 5.75 Å². The van der Waals surface area contributed by atoms with Crippen LogP contribution in [0.3, 0.4) is 0 Å². The molecule has 104 valence electrons. The predicted molar refractivity (Wildman–Crippen MR) is 70.7 cm³/mol. The smallest absolute Gasteiger partial charge is 0.320 e. The molecule has 0 aliphatic carbocycles. The van der Waals surface area contributed by atoms with Crippen LogP contribution in [0.4, 0.5) is 9.18 Å². The Morgan fingerprint density at radius 2 is 2.11 bits per heavy atom. The van der Waals surface area contributed by atoms with Crippen molar-refractivity contribution in [1.29, 1.82) is 0 Å². The van der Waals surface area contributed by atoms with Crippen molar-refractivity contribution in [1.82, 2.24) is 9.80 Å². The van der Waals surface area contributed by atoms with Crippen LogP contribution in [0, 0.1) is 5.82 Å². The van der Waals surface area contributed by atoms with Crippen LogP contribution < -0.4 is 4.74 Å². The van der Waals surface area contributed by atoms with E-state index in [1.54, 1.807) is 30.0 Å². The molecule has 0 saturated carbocycles. The third-order valence-corrected chi connectivity index (χ3v) is 3.56. The van der Waals surface area contributed by atoms with E-state index in [0.29, 0.717) is 17.9 Å². The van der Waals surface area contributed by atoms with Gasteiger partial charge in [-0.15, -0.1) is 0 Å². The third-order valence-electron chi connectivity index (χ3n) is 3.56. The van der Waals surface area contributed by atoms with Gasteiger partial charge in [-0.1, -0.05) is 0 Å². The van der Waals surface area contributed by atoms with Gasteiger partial charge in [-0.2, -0.15) is 0 Å². The first kappa shape index (κ1) is 13.6. The zero-order valence-corrected chi connectivity index (χ0v) is 11.7. The molecular weight excluding hydrogens is 247 g/mol. The van der Waals surface area contributed by atoms with E-state index in [-0.39, 0.29) is 23.9 Å². The van der Waals surface area contributed by atoms with E-state index in [1.165, 1.54) is 12.1 Å². The molecule has 1 heterocycles. The number of urea groups is 1. The summed E-state index contributed by atoms with van der Waals surface area (Å²) in [6, 6.07) is 4.31. The Balaban J connectivity index is 2.37. The van der Waals surface area contributed by atoms with Crippen LogP contribution in [-0.4, -0.2) is 42.6 Å². The van der Waals surface area contributed by atoms with Crippen LogP contribution in [-0.2, 0) is 0 Å². The number of likely N-dealkylation sites (N-methyl/N-ethyl adjacent to an activating group) is 1. The van der Waals surface area contributed by atoms with Crippen molar-refractivity contribution in [2.45, 2.75) is 25.9 Å². The monoisotopic (exact) mass is 266 g/mol. The number of carbonyl (C=O) groups is 1. The summed E-state index contributed by atoms with van der Waals surface area (Å²) in [4.78, 5) is 15.5. The summed E-state index contributed by atoms with van der Waals surface area (Å²) in [5, 5.41) is 0. The number of nitrogens with zero attached hydrogens (tertiary/aromatic N) is 2. The highest BCUT2D eigenvalue weighted by Gasteiger charge is 2.38. The van der Waals surface area contributed by atoms with Crippen LogP contribution in [0.15, 0.2) is 18.2 Å². The zero-order valence-electron chi connectivity index (χ0n) is 11.7. The Labute approximate surface area is 112 Å². The number of amides is 2. The van der Waals surface area contributed by atoms with Crippen LogP contribution >= 0.6 is 0 Å². The number of halogens is 1. The van der Waals surface area contributed by atoms with Gasteiger partial charge in [0.1, 0.15) is 11.6 Å². The molecule has 1 aliphatic heterocycles. The molecule has 4 nitrogen and oxygen atoms in total. The molecule has 0 N–H and O–H groups in total. The summed E-state index contributed by atoms with van der Waals surface area (Å²) >= 11 is 0. The highest BCUT2D eigenvalue weighted by atomic mass is 19.1. The fraction of sp³-hybridized carbons (Fsp3) is 0.500. The quantitative estimate of drug-likeness (QED) is 0.842. The van der Waals surface area contributed by atoms with Crippen molar-refractivity contribution in [3.63, 3.8) is 0 Å². The summed E-state index contributed by atoms with van der Waals surface area (Å²) < 4.78 is 18.7. The molecule has 5 heteroatoms. The van der Waals surface area contributed by atoms with E-state index in [2.05, 4.69) is 0 Å². The average molecular weight is 266 g/mol. The van der Waals surface area contributed by atoms with Gasteiger partial charge in [0.25, 0.3) is 0 Å². The van der Waals surface area contributed by atoms with Gasteiger partial charge in [0.15, 0.2) is 0 Å². The molecule has 1 fully saturated rings. The molecule has 2 rings (SSSR count). The lowest BCUT2D eigenvalue weighted by Gasteiger charge is -2.20. The van der Waals surface area contributed by atoms with Gasteiger partial charge in [-0.3, -0.25) is 0 Å². The standard InChI is InChI=1S/C14H19FN2O2/c1-9(2)17-8-12(16(3)14(17)18)11-7-10(15)5-6-13(11)19-4/h5-7,9,12H,8H2,1-4H3. The molecule has 0 aromatic heterocycles. The van der Waals surface area contributed by atoms with Crippen LogP contribution in [0.25, 0.3) is 0 Å². The Bertz CT molecular complexity index is 490. The Morgan fingerprint density at radius 1 is 1.42 bits per heavy atom. The molecule has 1 aliphatic rings. The second-order valence-electron chi connectivity index (χ2n) is 5.04. The van der Waals surface area contributed by atoms with Gasteiger partial charge in [0, 0.05) is 25.2 Å². The van der Waals surface area contributed by atoms with Crippen LogP contribution in [0.5, 0.6) is 5.75 Å². The molecule has 19 heavy (non-hydrogen) atoms. The minimum Gasteiger partial charge on any atom is -0.496 e. The summed E-state index contributed by atoms with van der Waals surface area (Å²) in [6.45, 7) is 4.49. The number of benzene rings is 1. The largest absolute Gasteiger partial charge is 0.496 e. The van der Waals surface area contributed by atoms with Gasteiger partial charge in [0.05, 0.1) is 13.2 Å². The van der Waals surface area contributed by atoms with E-state index in [1.807, 2.05) is 13.8 Å². The number of hydrogen-bond donors (Lipinski definition) is 0. The van der Waals surface area contributed by atoms with Gasteiger partial charge in [-0.05, 0) is 32.0 Å². The fourth-order valence-corrected chi connectivity index (χ4v) is 2.43. The van der Waals surface area contributed by atoms with E-state index >= 15 is 0 Å². The summed E-state index contributed by atoms with van der Waals surface area (Å²) in [6.07, 6.45) is 0. The molecule has 0 spiro atoms. The first-order chi connectivity index (χ1) is 8.95. The number of carbonyl (C=O) groups excluding carboxylic acids is 1. The maximum absolute atomic E-state index is 13.4. The summed E-state index contributed by atoms with van der Waals surface area (Å²) in [5.41, 5.74) is 0.710. The van der Waals surface area contributed by atoms with Gasteiger partial charge in [-0.25, -0.2) is 9.18 Å². The molecule has 0 bridgehead atoms. The highest BCUT2D eigenvalue weighted by molar-refractivity contribution is 5.77. The molecule has 1 unspecified atom stereocenters. The van der Waals surface area contributed by atoms with Crippen molar-refractivity contribution in [3.05, 3.63) is 29.6 Å². The number of methoxy groups -OCH3 is 1. The van der Waals surface area contributed by atoms with E-state index in [9.17, 15) is 9.18 Å². The second-order valence-corrected chi connectivity index (χ2v) is 5.04. The van der Waals surface area contributed by atoms with Gasteiger partial charge in [0.2, 0.25) is 0 Å². The molecule has 1 aromatic carbocycles. The predicted octanol–water partition coefficient (Wildman–Crippen LogP) is 2.65. The summed E-state index contributed by atoms with van der Waals surface area (Å²) in [5.74, 6) is 0.288. The van der Waals surface area contributed by atoms with Crippen molar-refractivity contribution in [2.75, 3.05) is 20.7 Å². The lowest BCUT2D eigenvalue weighted by Crippen LogP contribution is -2.34. The van der Waals surface area contributed by atoms with Gasteiger partial charge < -0.3 is 14.5 Å². The fourth-order valence-electron chi connectivity index (χ4n) is 2.43. The highest BCUT2D eigenvalue weighted by Crippen LogP contribution is 2.35. The maximum Gasteiger partial charge on any atom is 0.320 e. The Hall–Kier alpha value is -1.78. The normalized spacial score (nSPS) is 19.5.